The fourth-order valence-corrected chi connectivity index (χ4v) is 3.68. The van der Waals surface area contributed by atoms with Crippen molar-refractivity contribution in [2.75, 3.05) is 19.6 Å². The predicted molar refractivity (Wildman–Crippen MR) is 90.8 cm³/mol. The zero-order valence-corrected chi connectivity index (χ0v) is 15.2. The number of halogens is 2. The lowest BCUT2D eigenvalue weighted by atomic mass is 10.0. The lowest BCUT2D eigenvalue weighted by Crippen LogP contribution is -2.42. The molecule has 3 nitrogen and oxygen atoms in total. The van der Waals surface area contributed by atoms with Crippen molar-refractivity contribution in [3.8, 4) is 0 Å². The summed E-state index contributed by atoms with van der Waals surface area (Å²) in [6.07, 6.45) is 6.97. The van der Waals surface area contributed by atoms with Crippen LogP contribution < -0.4 is 5.32 Å². The number of hydrogen-bond donors (Lipinski definition) is 1. The van der Waals surface area contributed by atoms with Crippen LogP contribution in [0.4, 0.5) is 0 Å². The molecule has 0 saturated carbocycles. The summed E-state index contributed by atoms with van der Waals surface area (Å²) in [5.41, 5.74) is 1.08. The maximum absolute atomic E-state index is 4.45. The van der Waals surface area contributed by atoms with E-state index in [9.17, 15) is 0 Å². The van der Waals surface area contributed by atoms with E-state index in [-0.39, 0.29) is 0 Å². The van der Waals surface area contributed by atoms with Crippen LogP contribution in [0.1, 0.15) is 38.3 Å². The van der Waals surface area contributed by atoms with Crippen LogP contribution in [0.15, 0.2) is 21.2 Å². The van der Waals surface area contributed by atoms with E-state index in [0.29, 0.717) is 6.04 Å². The minimum atomic E-state index is 0.630. The van der Waals surface area contributed by atoms with Gasteiger partial charge in [0.2, 0.25) is 0 Å². The molecule has 0 aliphatic carbocycles. The Morgan fingerprint density at radius 3 is 2.75 bits per heavy atom. The molecule has 1 aromatic rings. The minimum Gasteiger partial charge on any atom is -0.308 e. The molecule has 20 heavy (non-hydrogen) atoms. The van der Waals surface area contributed by atoms with Crippen LogP contribution in [0.25, 0.3) is 0 Å². The summed E-state index contributed by atoms with van der Waals surface area (Å²) in [4.78, 5) is 7.04. The molecule has 0 aromatic carbocycles. The smallest absolute Gasteiger partial charge is 0.0684 e. The lowest BCUT2D eigenvalue weighted by Gasteiger charge is -2.32. The summed E-state index contributed by atoms with van der Waals surface area (Å²) in [7, 11) is 0. The molecule has 1 aromatic heterocycles. The van der Waals surface area contributed by atoms with E-state index >= 15 is 0 Å². The second-order valence-electron chi connectivity index (χ2n) is 5.43. The summed E-state index contributed by atoms with van der Waals surface area (Å²) in [6, 6.07) is 2.68. The molecule has 0 unspecified atom stereocenters. The van der Waals surface area contributed by atoms with Crippen molar-refractivity contribution in [2.45, 2.75) is 45.2 Å². The Hall–Kier alpha value is 0.0300. The van der Waals surface area contributed by atoms with Crippen LogP contribution in [-0.2, 0) is 6.54 Å². The largest absolute Gasteiger partial charge is 0.308 e. The fourth-order valence-electron chi connectivity index (χ4n) is 2.56. The van der Waals surface area contributed by atoms with E-state index in [1.165, 1.54) is 45.3 Å². The van der Waals surface area contributed by atoms with Crippen LogP contribution in [0, 0.1) is 0 Å². The standard InChI is InChI=1S/C15H23Br2N3/c1-2-3-6-20-7-4-13(5-8-20)18-11-15-14(17)9-12(16)10-19-15/h9-10,13,18H,2-8,11H2,1H3. The number of hydrogen-bond acceptors (Lipinski definition) is 3. The van der Waals surface area contributed by atoms with Gasteiger partial charge in [0.05, 0.1) is 5.69 Å². The third-order valence-electron chi connectivity index (χ3n) is 3.86. The number of likely N-dealkylation sites (tertiary alicyclic amines) is 1. The van der Waals surface area contributed by atoms with E-state index in [0.717, 1.165) is 21.2 Å². The molecule has 5 heteroatoms. The maximum Gasteiger partial charge on any atom is 0.0684 e. The van der Waals surface area contributed by atoms with Crippen molar-refractivity contribution in [1.82, 2.24) is 15.2 Å². The topological polar surface area (TPSA) is 28.2 Å². The van der Waals surface area contributed by atoms with E-state index in [1.807, 2.05) is 6.20 Å². The first-order chi connectivity index (χ1) is 9.69. The highest BCUT2D eigenvalue weighted by molar-refractivity contribution is 9.11. The van der Waals surface area contributed by atoms with Crippen molar-refractivity contribution in [1.29, 1.82) is 0 Å². The molecule has 1 N–H and O–H groups in total. The first-order valence-electron chi connectivity index (χ1n) is 7.44. The number of piperidine rings is 1. The van der Waals surface area contributed by atoms with Gasteiger partial charge in [-0.2, -0.15) is 0 Å². The zero-order valence-electron chi connectivity index (χ0n) is 12.0. The zero-order chi connectivity index (χ0) is 14.4. The Labute approximate surface area is 138 Å². The third-order valence-corrected chi connectivity index (χ3v) is 4.98. The molecule has 0 bridgehead atoms. The van der Waals surface area contributed by atoms with Gasteiger partial charge in [-0.15, -0.1) is 0 Å². The van der Waals surface area contributed by atoms with Crippen LogP contribution in [0.3, 0.4) is 0 Å². The highest BCUT2D eigenvalue weighted by atomic mass is 79.9. The Bertz CT molecular complexity index is 418. The quantitative estimate of drug-likeness (QED) is 0.777. The third kappa shape index (κ3) is 5.10. The van der Waals surface area contributed by atoms with Crippen LogP contribution in [0.2, 0.25) is 0 Å². The van der Waals surface area contributed by atoms with Crippen molar-refractivity contribution >= 4 is 31.9 Å². The van der Waals surface area contributed by atoms with Gasteiger partial charge < -0.3 is 10.2 Å². The number of nitrogens with one attached hydrogen (secondary N) is 1. The van der Waals surface area contributed by atoms with Crippen molar-refractivity contribution < 1.29 is 0 Å². The molecule has 0 spiro atoms. The van der Waals surface area contributed by atoms with Crippen molar-refractivity contribution in [3.05, 3.63) is 26.9 Å². The molecule has 0 atom stereocenters. The Morgan fingerprint density at radius 2 is 2.10 bits per heavy atom. The Morgan fingerprint density at radius 1 is 1.35 bits per heavy atom. The normalized spacial score (nSPS) is 17.6. The number of rotatable bonds is 6. The summed E-state index contributed by atoms with van der Waals surface area (Å²) < 4.78 is 2.08. The molecule has 0 radical (unpaired) electrons. The van der Waals surface area contributed by atoms with Gasteiger partial charge in [0.15, 0.2) is 0 Å². The van der Waals surface area contributed by atoms with Gasteiger partial charge in [0, 0.05) is 27.7 Å². The molecule has 1 aliphatic rings. The van der Waals surface area contributed by atoms with Crippen LogP contribution in [0.5, 0.6) is 0 Å². The second-order valence-corrected chi connectivity index (χ2v) is 7.20. The molecule has 2 rings (SSSR count). The number of unbranched alkanes of at least 4 members (excludes halogenated alkanes) is 1. The molecule has 0 amide bonds. The SMILES string of the molecule is CCCCN1CCC(NCc2ncc(Br)cc2Br)CC1. The van der Waals surface area contributed by atoms with Gasteiger partial charge in [-0.1, -0.05) is 13.3 Å². The number of nitrogens with zero attached hydrogens (tertiary/aromatic N) is 2. The lowest BCUT2D eigenvalue weighted by molar-refractivity contribution is 0.194. The van der Waals surface area contributed by atoms with Crippen molar-refractivity contribution in [2.24, 2.45) is 0 Å². The van der Waals surface area contributed by atoms with Gasteiger partial charge in [-0.3, -0.25) is 4.98 Å². The fraction of sp³-hybridized carbons (Fsp3) is 0.667. The van der Waals surface area contributed by atoms with E-state index in [4.69, 9.17) is 0 Å². The highest BCUT2D eigenvalue weighted by Crippen LogP contribution is 2.20. The first kappa shape index (κ1) is 16.4. The monoisotopic (exact) mass is 403 g/mol. The number of pyridine rings is 1. The minimum absolute atomic E-state index is 0.630. The maximum atomic E-state index is 4.45. The van der Waals surface area contributed by atoms with Gasteiger partial charge in [0.25, 0.3) is 0 Å². The van der Waals surface area contributed by atoms with E-state index in [2.05, 4.69) is 60.1 Å². The average Bonchev–Trinajstić information content (AvgIpc) is 2.45. The van der Waals surface area contributed by atoms with E-state index < -0.39 is 0 Å². The average molecular weight is 405 g/mol. The summed E-state index contributed by atoms with van der Waals surface area (Å²) in [5, 5.41) is 3.64. The summed E-state index contributed by atoms with van der Waals surface area (Å²) in [6.45, 7) is 6.83. The molecular formula is C15H23Br2N3. The molecule has 112 valence electrons. The van der Waals surface area contributed by atoms with Crippen LogP contribution in [-0.4, -0.2) is 35.6 Å². The van der Waals surface area contributed by atoms with Gasteiger partial charge in [0.1, 0.15) is 0 Å². The van der Waals surface area contributed by atoms with E-state index in [1.54, 1.807) is 0 Å². The second kappa shape index (κ2) is 8.47. The Balaban J connectivity index is 1.73. The summed E-state index contributed by atoms with van der Waals surface area (Å²) >= 11 is 7.00. The van der Waals surface area contributed by atoms with Gasteiger partial charge in [-0.05, 0) is 76.8 Å². The number of aromatic nitrogens is 1. The predicted octanol–water partition coefficient (Wildman–Crippen LogP) is 3.96. The molecule has 1 saturated heterocycles. The highest BCUT2D eigenvalue weighted by Gasteiger charge is 2.18. The van der Waals surface area contributed by atoms with Crippen molar-refractivity contribution in [3.63, 3.8) is 0 Å². The van der Waals surface area contributed by atoms with Gasteiger partial charge >= 0.3 is 0 Å². The first-order valence-corrected chi connectivity index (χ1v) is 9.03. The summed E-state index contributed by atoms with van der Waals surface area (Å²) in [5.74, 6) is 0. The molecule has 2 heterocycles. The molecule has 1 aliphatic heterocycles. The van der Waals surface area contributed by atoms with Crippen LogP contribution >= 0.6 is 31.9 Å². The molecule has 1 fully saturated rings. The Kier molecular flexibility index (Phi) is 6.94. The van der Waals surface area contributed by atoms with Gasteiger partial charge in [-0.25, -0.2) is 0 Å². The molecular weight excluding hydrogens is 382 g/mol.